The molecule has 2 heteroatoms. The molecule has 1 saturated heterocycles. The number of hydrogen-bond donors (Lipinski definition) is 1. The second-order valence-corrected chi connectivity index (χ2v) is 6.53. The van der Waals surface area contributed by atoms with Gasteiger partial charge in [-0.05, 0) is 50.3 Å². The van der Waals surface area contributed by atoms with Crippen LogP contribution in [0.4, 0.5) is 0 Å². The van der Waals surface area contributed by atoms with Gasteiger partial charge in [-0.2, -0.15) is 0 Å². The summed E-state index contributed by atoms with van der Waals surface area (Å²) in [6.07, 6.45) is 4.08. The number of benzene rings is 1. The van der Waals surface area contributed by atoms with E-state index in [2.05, 4.69) is 54.5 Å². The van der Waals surface area contributed by atoms with Crippen molar-refractivity contribution in [1.29, 1.82) is 0 Å². The third kappa shape index (κ3) is 3.18. The van der Waals surface area contributed by atoms with Crippen LogP contribution in [0.3, 0.4) is 0 Å². The molecule has 2 aliphatic rings. The highest BCUT2D eigenvalue weighted by atomic mass is 15.1. The zero-order valence-electron chi connectivity index (χ0n) is 12.2. The largest absolute Gasteiger partial charge is 0.307 e. The molecule has 0 spiro atoms. The molecular formula is C17H26N2. The van der Waals surface area contributed by atoms with Gasteiger partial charge in [0, 0.05) is 18.6 Å². The average molecular weight is 258 g/mol. The second-order valence-electron chi connectivity index (χ2n) is 6.53. The minimum absolute atomic E-state index is 0.581. The highest BCUT2D eigenvalue weighted by molar-refractivity contribution is 5.21. The molecule has 3 unspecified atom stereocenters. The lowest BCUT2D eigenvalue weighted by molar-refractivity contribution is 0.163. The SMILES string of the molecule is CC1CN(C)CCC1NC(c1ccccc1)C1CC1. The summed E-state index contributed by atoms with van der Waals surface area (Å²) in [6.45, 7) is 4.85. The molecule has 1 aliphatic heterocycles. The Morgan fingerprint density at radius 1 is 1.16 bits per heavy atom. The lowest BCUT2D eigenvalue weighted by Crippen LogP contribution is -2.48. The first-order valence-corrected chi connectivity index (χ1v) is 7.73. The molecule has 0 radical (unpaired) electrons. The van der Waals surface area contributed by atoms with E-state index in [1.807, 2.05) is 0 Å². The third-order valence-corrected chi connectivity index (χ3v) is 4.75. The van der Waals surface area contributed by atoms with E-state index in [-0.39, 0.29) is 0 Å². The fourth-order valence-corrected chi connectivity index (χ4v) is 3.43. The van der Waals surface area contributed by atoms with Crippen LogP contribution in [0.15, 0.2) is 30.3 Å². The molecule has 19 heavy (non-hydrogen) atoms. The third-order valence-electron chi connectivity index (χ3n) is 4.75. The van der Waals surface area contributed by atoms with Crippen LogP contribution < -0.4 is 5.32 Å². The first-order valence-electron chi connectivity index (χ1n) is 7.73. The van der Waals surface area contributed by atoms with Crippen molar-refractivity contribution in [2.75, 3.05) is 20.1 Å². The van der Waals surface area contributed by atoms with Gasteiger partial charge in [0.1, 0.15) is 0 Å². The van der Waals surface area contributed by atoms with Crippen LogP contribution in [0.2, 0.25) is 0 Å². The number of likely N-dealkylation sites (tertiary alicyclic amines) is 1. The predicted molar refractivity (Wildman–Crippen MR) is 80.1 cm³/mol. The Hall–Kier alpha value is -0.860. The Balaban J connectivity index is 1.68. The van der Waals surface area contributed by atoms with E-state index in [1.54, 1.807) is 0 Å². The fraction of sp³-hybridized carbons (Fsp3) is 0.647. The van der Waals surface area contributed by atoms with Crippen molar-refractivity contribution in [1.82, 2.24) is 10.2 Å². The van der Waals surface area contributed by atoms with Gasteiger partial charge in [-0.25, -0.2) is 0 Å². The molecule has 1 aromatic carbocycles. The smallest absolute Gasteiger partial charge is 0.0351 e. The maximum absolute atomic E-state index is 3.98. The molecule has 3 atom stereocenters. The van der Waals surface area contributed by atoms with Crippen molar-refractivity contribution in [2.24, 2.45) is 11.8 Å². The van der Waals surface area contributed by atoms with Gasteiger partial charge in [0.15, 0.2) is 0 Å². The Bertz CT molecular complexity index is 399. The lowest BCUT2D eigenvalue weighted by atomic mass is 9.91. The molecule has 1 N–H and O–H groups in total. The number of piperidine rings is 1. The number of nitrogens with one attached hydrogen (secondary N) is 1. The Kier molecular flexibility index (Phi) is 3.90. The van der Waals surface area contributed by atoms with Gasteiger partial charge in [0.25, 0.3) is 0 Å². The summed E-state index contributed by atoms with van der Waals surface area (Å²) in [6, 6.07) is 12.3. The van der Waals surface area contributed by atoms with E-state index >= 15 is 0 Å². The standard InChI is InChI=1S/C17H26N2/c1-13-12-19(2)11-10-16(13)18-17(15-8-9-15)14-6-4-3-5-7-14/h3-7,13,15-18H,8-12H2,1-2H3. The van der Waals surface area contributed by atoms with Gasteiger partial charge < -0.3 is 10.2 Å². The Morgan fingerprint density at radius 3 is 2.53 bits per heavy atom. The molecule has 2 nitrogen and oxygen atoms in total. The molecule has 1 aromatic rings. The summed E-state index contributed by atoms with van der Waals surface area (Å²) in [5.41, 5.74) is 1.48. The number of nitrogens with zero attached hydrogens (tertiary/aromatic N) is 1. The second kappa shape index (κ2) is 5.64. The van der Waals surface area contributed by atoms with Crippen LogP contribution in [0, 0.1) is 11.8 Å². The maximum atomic E-state index is 3.98. The topological polar surface area (TPSA) is 15.3 Å². The van der Waals surface area contributed by atoms with E-state index < -0.39 is 0 Å². The van der Waals surface area contributed by atoms with E-state index in [0.29, 0.717) is 12.1 Å². The highest BCUT2D eigenvalue weighted by Gasteiger charge is 2.35. The summed E-state index contributed by atoms with van der Waals surface area (Å²) in [5.74, 6) is 1.62. The normalized spacial score (nSPS) is 30.2. The predicted octanol–water partition coefficient (Wildman–Crippen LogP) is 3.07. The van der Waals surface area contributed by atoms with Gasteiger partial charge >= 0.3 is 0 Å². The Labute approximate surface area is 117 Å². The minimum Gasteiger partial charge on any atom is -0.307 e. The highest BCUT2D eigenvalue weighted by Crippen LogP contribution is 2.41. The number of hydrogen-bond acceptors (Lipinski definition) is 2. The van der Waals surface area contributed by atoms with E-state index in [1.165, 1.54) is 37.9 Å². The van der Waals surface area contributed by atoms with Crippen LogP contribution >= 0.6 is 0 Å². The van der Waals surface area contributed by atoms with Crippen LogP contribution in [0.5, 0.6) is 0 Å². The summed E-state index contributed by atoms with van der Waals surface area (Å²) < 4.78 is 0. The summed E-state index contributed by atoms with van der Waals surface area (Å²) in [5, 5.41) is 3.98. The van der Waals surface area contributed by atoms with Gasteiger partial charge in [0.05, 0.1) is 0 Å². The van der Waals surface area contributed by atoms with E-state index in [9.17, 15) is 0 Å². The first-order chi connectivity index (χ1) is 9.24. The Morgan fingerprint density at radius 2 is 1.89 bits per heavy atom. The maximum Gasteiger partial charge on any atom is 0.0351 e. The summed E-state index contributed by atoms with van der Waals surface area (Å²) in [4.78, 5) is 2.46. The molecule has 104 valence electrons. The number of rotatable bonds is 4. The molecule has 1 aliphatic carbocycles. The van der Waals surface area contributed by atoms with E-state index in [0.717, 1.165) is 11.8 Å². The lowest BCUT2D eigenvalue weighted by Gasteiger charge is -2.37. The van der Waals surface area contributed by atoms with Crippen LogP contribution in [-0.2, 0) is 0 Å². The van der Waals surface area contributed by atoms with Crippen LogP contribution in [0.1, 0.15) is 37.8 Å². The first kappa shape index (κ1) is 13.1. The molecule has 0 aromatic heterocycles. The zero-order valence-corrected chi connectivity index (χ0v) is 12.2. The van der Waals surface area contributed by atoms with Crippen molar-refractivity contribution < 1.29 is 0 Å². The zero-order chi connectivity index (χ0) is 13.2. The van der Waals surface area contributed by atoms with Crippen molar-refractivity contribution in [3.8, 4) is 0 Å². The van der Waals surface area contributed by atoms with Crippen LogP contribution in [0.25, 0.3) is 0 Å². The van der Waals surface area contributed by atoms with E-state index in [4.69, 9.17) is 0 Å². The molecule has 2 fully saturated rings. The van der Waals surface area contributed by atoms with Crippen molar-refractivity contribution in [3.63, 3.8) is 0 Å². The summed E-state index contributed by atoms with van der Waals surface area (Å²) in [7, 11) is 2.24. The molecule has 0 bridgehead atoms. The van der Waals surface area contributed by atoms with Gasteiger partial charge in [0.2, 0.25) is 0 Å². The van der Waals surface area contributed by atoms with Crippen molar-refractivity contribution in [3.05, 3.63) is 35.9 Å². The van der Waals surface area contributed by atoms with Gasteiger partial charge in [-0.1, -0.05) is 37.3 Å². The molecule has 3 rings (SSSR count). The fourth-order valence-electron chi connectivity index (χ4n) is 3.43. The molecule has 1 heterocycles. The molecular weight excluding hydrogens is 232 g/mol. The minimum atomic E-state index is 0.581. The molecule has 0 amide bonds. The quantitative estimate of drug-likeness (QED) is 0.893. The molecule has 1 saturated carbocycles. The van der Waals surface area contributed by atoms with Crippen LogP contribution in [-0.4, -0.2) is 31.1 Å². The van der Waals surface area contributed by atoms with Gasteiger partial charge in [-0.15, -0.1) is 0 Å². The monoisotopic (exact) mass is 258 g/mol. The summed E-state index contributed by atoms with van der Waals surface area (Å²) >= 11 is 0. The average Bonchev–Trinajstić information content (AvgIpc) is 3.23. The van der Waals surface area contributed by atoms with Crippen molar-refractivity contribution >= 4 is 0 Å². The van der Waals surface area contributed by atoms with Crippen molar-refractivity contribution in [2.45, 2.75) is 38.3 Å². The van der Waals surface area contributed by atoms with Gasteiger partial charge in [-0.3, -0.25) is 0 Å².